The first-order chi connectivity index (χ1) is 28.5. The van der Waals surface area contributed by atoms with E-state index in [0.29, 0.717) is 11.8 Å². The molecule has 58 heavy (non-hydrogen) atoms. The zero-order valence-corrected chi connectivity index (χ0v) is 33.1. The topological polar surface area (TPSA) is 37.5 Å². The first kappa shape index (κ1) is 33.9. The van der Waals surface area contributed by atoms with Gasteiger partial charge in [-0.3, -0.25) is 4.99 Å². The van der Waals surface area contributed by atoms with E-state index in [1.54, 1.807) is 11.1 Å². The number of allylic oxidation sites excluding steroid dienone is 5. The summed E-state index contributed by atoms with van der Waals surface area (Å²) in [7, 11) is 0. The molecule has 3 unspecified atom stereocenters. The van der Waals surface area contributed by atoms with Crippen molar-refractivity contribution in [3.63, 3.8) is 0 Å². The lowest BCUT2D eigenvalue weighted by Crippen LogP contribution is -2.35. The predicted molar refractivity (Wildman–Crippen MR) is 239 cm³/mol. The van der Waals surface area contributed by atoms with E-state index in [1.165, 1.54) is 65.5 Å². The SMILES string of the molecule is CC1(C)C2=CC3c4ccccc4C4(CCCCC4)C3C=C2c2c(-c3ccc4oc5c(C6=NC(c7ccccc7)NC(c7ccccc7)=C6)cccc5c4c3)cccc21. The number of fused-ring (bicyclic) bond motifs is 11. The summed E-state index contributed by atoms with van der Waals surface area (Å²) < 4.78 is 6.81. The highest BCUT2D eigenvalue weighted by Gasteiger charge is 2.54. The highest BCUT2D eigenvalue weighted by atomic mass is 16.3. The van der Waals surface area contributed by atoms with Gasteiger partial charge in [0.15, 0.2) is 0 Å². The molecule has 3 heteroatoms. The number of nitrogens with zero attached hydrogens (tertiary/aromatic N) is 1. The van der Waals surface area contributed by atoms with Crippen LogP contribution in [-0.4, -0.2) is 5.71 Å². The third kappa shape index (κ3) is 4.89. The maximum absolute atomic E-state index is 6.81. The van der Waals surface area contributed by atoms with E-state index in [0.717, 1.165) is 50.0 Å². The van der Waals surface area contributed by atoms with Crippen molar-refractivity contribution in [3.05, 3.63) is 202 Å². The normalized spacial score (nSPS) is 22.3. The summed E-state index contributed by atoms with van der Waals surface area (Å²) in [5, 5.41) is 5.94. The second kappa shape index (κ2) is 12.7. The third-order valence-corrected chi connectivity index (χ3v) is 14.4. The van der Waals surface area contributed by atoms with Crippen LogP contribution in [0, 0.1) is 5.92 Å². The second-order valence-electron chi connectivity index (χ2n) is 17.8. The van der Waals surface area contributed by atoms with Crippen LogP contribution in [0.4, 0.5) is 0 Å². The molecule has 1 aromatic heterocycles. The lowest BCUT2D eigenvalue weighted by molar-refractivity contribution is 0.233. The Balaban J connectivity index is 0.989. The number of aliphatic imine (C=N–C) groups is 1. The third-order valence-electron chi connectivity index (χ3n) is 14.4. The van der Waals surface area contributed by atoms with Gasteiger partial charge in [0.1, 0.15) is 17.3 Å². The molecule has 1 saturated carbocycles. The molecule has 0 radical (unpaired) electrons. The Bertz CT molecular complexity index is 2930. The van der Waals surface area contributed by atoms with E-state index >= 15 is 0 Å². The summed E-state index contributed by atoms with van der Waals surface area (Å²) in [6.07, 6.45) is 14.0. The zero-order chi connectivity index (χ0) is 38.6. The molecule has 1 spiro atoms. The quantitative estimate of drug-likeness (QED) is 0.194. The van der Waals surface area contributed by atoms with E-state index in [2.05, 4.69) is 177 Å². The molecule has 0 saturated heterocycles. The van der Waals surface area contributed by atoms with Crippen molar-refractivity contribution in [2.24, 2.45) is 10.9 Å². The lowest BCUT2D eigenvalue weighted by Gasteiger charge is -2.42. The number of furan rings is 1. The first-order valence-corrected chi connectivity index (χ1v) is 21.3. The number of hydrogen-bond donors (Lipinski definition) is 1. The van der Waals surface area contributed by atoms with Gasteiger partial charge in [0.2, 0.25) is 0 Å². The average Bonchev–Trinajstić information content (AvgIpc) is 3.86. The Hall–Kier alpha value is -6.19. The Morgan fingerprint density at radius 3 is 2.24 bits per heavy atom. The standard InChI is InChI=1S/C55H46N2O/c1-54(2)45-25-15-21-37(51(45)43-32-47-41(31-46(43)54)38-20-10-11-24-44(38)55(47)28-12-5-13-29-55)36-26-27-50-42(30-36)39-22-14-23-40(52(39)58-50)49-33-48(34-16-6-3-7-17-34)56-53(57-49)35-18-8-4-9-19-35/h3-4,6-11,14-27,30-33,41,47,53,56H,5,12-13,28-29H2,1-2H3. The summed E-state index contributed by atoms with van der Waals surface area (Å²) in [5.74, 6) is 0.937. The summed E-state index contributed by atoms with van der Waals surface area (Å²) >= 11 is 0. The van der Waals surface area contributed by atoms with Crippen molar-refractivity contribution < 1.29 is 4.42 Å². The maximum Gasteiger partial charge on any atom is 0.145 e. The Morgan fingerprint density at radius 1 is 0.655 bits per heavy atom. The molecular formula is C55H46N2O. The molecule has 1 fully saturated rings. The van der Waals surface area contributed by atoms with Gasteiger partial charge in [-0.15, -0.1) is 0 Å². The second-order valence-corrected chi connectivity index (χ2v) is 17.8. The van der Waals surface area contributed by atoms with Crippen molar-refractivity contribution in [2.45, 2.75) is 68.9 Å². The fraction of sp³-hybridized carbons (Fsp3) is 0.218. The van der Waals surface area contributed by atoms with Crippen LogP contribution in [0.3, 0.4) is 0 Å². The number of nitrogens with one attached hydrogen (secondary N) is 1. The molecule has 3 nitrogen and oxygen atoms in total. The van der Waals surface area contributed by atoms with Crippen LogP contribution in [-0.2, 0) is 10.8 Å². The van der Waals surface area contributed by atoms with Crippen molar-refractivity contribution in [1.82, 2.24) is 5.32 Å². The van der Waals surface area contributed by atoms with Gasteiger partial charge in [0, 0.05) is 38.8 Å². The molecule has 12 rings (SSSR count). The Morgan fingerprint density at radius 2 is 1.40 bits per heavy atom. The number of para-hydroxylation sites is 1. The van der Waals surface area contributed by atoms with Crippen molar-refractivity contribution in [1.29, 1.82) is 0 Å². The smallest absolute Gasteiger partial charge is 0.145 e. The van der Waals surface area contributed by atoms with Crippen LogP contribution in [0.2, 0.25) is 0 Å². The Kier molecular flexibility index (Phi) is 7.40. The zero-order valence-electron chi connectivity index (χ0n) is 33.1. The van der Waals surface area contributed by atoms with Gasteiger partial charge >= 0.3 is 0 Å². The van der Waals surface area contributed by atoms with Gasteiger partial charge in [-0.2, -0.15) is 0 Å². The minimum Gasteiger partial charge on any atom is -0.455 e. The number of rotatable bonds is 4. The molecule has 0 bridgehead atoms. The van der Waals surface area contributed by atoms with Gasteiger partial charge in [0.25, 0.3) is 0 Å². The highest BCUT2D eigenvalue weighted by molar-refractivity contribution is 6.21. The molecule has 1 aliphatic heterocycles. The predicted octanol–water partition coefficient (Wildman–Crippen LogP) is 13.6. The first-order valence-electron chi connectivity index (χ1n) is 21.3. The van der Waals surface area contributed by atoms with Gasteiger partial charge in [-0.05, 0) is 98.7 Å². The van der Waals surface area contributed by atoms with Crippen molar-refractivity contribution in [3.8, 4) is 11.1 Å². The maximum atomic E-state index is 6.81. The highest BCUT2D eigenvalue weighted by Crippen LogP contribution is 2.64. The van der Waals surface area contributed by atoms with Gasteiger partial charge in [0.05, 0.1) is 5.71 Å². The van der Waals surface area contributed by atoms with Crippen LogP contribution in [0.5, 0.6) is 0 Å². The molecular weight excluding hydrogens is 705 g/mol. The Labute approximate surface area is 340 Å². The molecule has 5 aliphatic rings. The van der Waals surface area contributed by atoms with E-state index in [4.69, 9.17) is 9.41 Å². The van der Waals surface area contributed by atoms with Crippen LogP contribution < -0.4 is 5.32 Å². The minimum absolute atomic E-state index is 0.0833. The molecule has 3 atom stereocenters. The van der Waals surface area contributed by atoms with Crippen LogP contribution in [0.25, 0.3) is 44.3 Å². The molecule has 6 aromatic carbocycles. The van der Waals surface area contributed by atoms with Crippen LogP contribution in [0.15, 0.2) is 173 Å². The molecule has 282 valence electrons. The van der Waals surface area contributed by atoms with E-state index in [-0.39, 0.29) is 17.0 Å². The summed E-state index contributed by atoms with van der Waals surface area (Å²) in [6, 6.07) is 50.8. The largest absolute Gasteiger partial charge is 0.455 e. The van der Waals surface area contributed by atoms with Crippen molar-refractivity contribution in [2.75, 3.05) is 0 Å². The minimum atomic E-state index is -0.221. The fourth-order valence-electron chi connectivity index (χ4n) is 11.7. The van der Waals surface area contributed by atoms with E-state index in [1.807, 2.05) is 0 Å². The fourth-order valence-corrected chi connectivity index (χ4v) is 11.7. The average molecular weight is 751 g/mol. The summed E-state index contributed by atoms with van der Waals surface area (Å²) in [4.78, 5) is 5.30. The molecule has 4 aliphatic carbocycles. The lowest BCUT2D eigenvalue weighted by atomic mass is 9.62. The van der Waals surface area contributed by atoms with Crippen LogP contribution >= 0.6 is 0 Å². The summed E-state index contributed by atoms with van der Waals surface area (Å²) in [5.41, 5.74) is 18.7. The van der Waals surface area contributed by atoms with E-state index < -0.39 is 0 Å². The molecule has 0 amide bonds. The number of hydrogen-bond acceptors (Lipinski definition) is 3. The summed E-state index contributed by atoms with van der Waals surface area (Å²) in [6.45, 7) is 4.88. The number of benzene rings is 6. The van der Waals surface area contributed by atoms with Gasteiger partial charge in [-0.1, -0.05) is 167 Å². The van der Waals surface area contributed by atoms with E-state index in [9.17, 15) is 0 Å². The monoisotopic (exact) mass is 750 g/mol. The molecule has 7 aromatic rings. The van der Waals surface area contributed by atoms with Gasteiger partial charge in [-0.25, -0.2) is 0 Å². The van der Waals surface area contributed by atoms with Crippen molar-refractivity contribution >= 4 is 38.9 Å². The molecule has 2 heterocycles. The van der Waals surface area contributed by atoms with Gasteiger partial charge < -0.3 is 9.73 Å². The molecule has 1 N–H and O–H groups in total. The van der Waals surface area contributed by atoms with Crippen LogP contribution in [0.1, 0.15) is 97.0 Å².